The topological polar surface area (TPSA) is 12.5 Å². The van der Waals surface area contributed by atoms with Crippen LogP contribution in [0.2, 0.25) is 0 Å². The van der Waals surface area contributed by atoms with Gasteiger partial charge in [0.15, 0.2) is 0 Å². The standard InChI is InChI=1S/C10H21NO/c1-4-8-12-9(2)10-6-5-7-11(10)3/h9-10H,4-8H2,1-3H3/t9-,10-/m0/s1. The summed E-state index contributed by atoms with van der Waals surface area (Å²) in [5, 5.41) is 0. The zero-order valence-electron chi connectivity index (χ0n) is 8.55. The number of rotatable bonds is 4. The van der Waals surface area contributed by atoms with E-state index in [1.54, 1.807) is 0 Å². The highest BCUT2D eigenvalue weighted by molar-refractivity contribution is 4.81. The summed E-state index contributed by atoms with van der Waals surface area (Å²) in [6.45, 7) is 6.50. The Bertz CT molecular complexity index is 127. The fourth-order valence-electron chi connectivity index (χ4n) is 1.94. The molecule has 2 atom stereocenters. The molecule has 0 bridgehead atoms. The van der Waals surface area contributed by atoms with Crippen LogP contribution >= 0.6 is 0 Å². The number of likely N-dealkylation sites (N-methyl/N-ethyl adjacent to an activating group) is 1. The molecule has 0 aromatic rings. The second-order valence-corrected chi connectivity index (χ2v) is 3.77. The van der Waals surface area contributed by atoms with Crippen molar-refractivity contribution >= 4 is 0 Å². The lowest BCUT2D eigenvalue weighted by Gasteiger charge is -2.25. The molecule has 0 aromatic carbocycles. The van der Waals surface area contributed by atoms with E-state index < -0.39 is 0 Å². The van der Waals surface area contributed by atoms with Gasteiger partial charge < -0.3 is 9.64 Å². The van der Waals surface area contributed by atoms with Crippen LogP contribution < -0.4 is 0 Å². The van der Waals surface area contributed by atoms with Gasteiger partial charge in [0.25, 0.3) is 0 Å². The van der Waals surface area contributed by atoms with E-state index in [4.69, 9.17) is 4.74 Å². The highest BCUT2D eigenvalue weighted by Gasteiger charge is 2.26. The Balaban J connectivity index is 2.25. The van der Waals surface area contributed by atoms with Crippen LogP contribution in [0.25, 0.3) is 0 Å². The number of likely N-dealkylation sites (tertiary alicyclic amines) is 1. The highest BCUT2D eigenvalue weighted by atomic mass is 16.5. The van der Waals surface area contributed by atoms with Crippen LogP contribution in [0.15, 0.2) is 0 Å². The molecular weight excluding hydrogens is 150 g/mol. The average Bonchev–Trinajstić information content (AvgIpc) is 2.47. The van der Waals surface area contributed by atoms with Gasteiger partial charge in [-0.15, -0.1) is 0 Å². The summed E-state index contributed by atoms with van der Waals surface area (Å²) in [5.41, 5.74) is 0. The lowest BCUT2D eigenvalue weighted by molar-refractivity contribution is 0.0167. The van der Waals surface area contributed by atoms with Gasteiger partial charge in [0, 0.05) is 12.6 Å². The Hall–Kier alpha value is -0.0800. The Morgan fingerprint density at radius 3 is 2.83 bits per heavy atom. The quantitative estimate of drug-likeness (QED) is 0.640. The summed E-state index contributed by atoms with van der Waals surface area (Å²) in [4.78, 5) is 2.42. The van der Waals surface area contributed by atoms with E-state index in [-0.39, 0.29) is 0 Å². The number of hydrogen-bond acceptors (Lipinski definition) is 2. The normalized spacial score (nSPS) is 27.8. The molecule has 0 aromatic heterocycles. The number of nitrogens with zero attached hydrogens (tertiary/aromatic N) is 1. The van der Waals surface area contributed by atoms with Gasteiger partial charge in [-0.25, -0.2) is 0 Å². The molecule has 0 radical (unpaired) electrons. The van der Waals surface area contributed by atoms with Gasteiger partial charge in [0.2, 0.25) is 0 Å². The van der Waals surface area contributed by atoms with Crippen molar-refractivity contribution in [1.29, 1.82) is 0 Å². The van der Waals surface area contributed by atoms with E-state index in [1.807, 2.05) is 0 Å². The van der Waals surface area contributed by atoms with Gasteiger partial charge in [-0.05, 0) is 39.8 Å². The molecule has 2 nitrogen and oxygen atoms in total. The maximum absolute atomic E-state index is 5.70. The minimum Gasteiger partial charge on any atom is -0.377 e. The van der Waals surface area contributed by atoms with Crippen LogP contribution in [-0.4, -0.2) is 37.2 Å². The molecule has 0 spiro atoms. The van der Waals surface area contributed by atoms with Gasteiger partial charge in [-0.2, -0.15) is 0 Å². The average molecular weight is 171 g/mol. The third-order valence-corrected chi connectivity index (χ3v) is 2.70. The van der Waals surface area contributed by atoms with E-state index in [0.29, 0.717) is 12.1 Å². The first-order chi connectivity index (χ1) is 5.75. The van der Waals surface area contributed by atoms with Gasteiger partial charge in [0.1, 0.15) is 0 Å². The summed E-state index contributed by atoms with van der Waals surface area (Å²) in [7, 11) is 2.20. The zero-order valence-corrected chi connectivity index (χ0v) is 8.55. The van der Waals surface area contributed by atoms with Crippen molar-refractivity contribution in [3.63, 3.8) is 0 Å². The molecule has 1 fully saturated rings. The molecular formula is C10H21NO. The molecule has 2 heteroatoms. The first-order valence-electron chi connectivity index (χ1n) is 5.07. The molecule has 0 unspecified atom stereocenters. The van der Waals surface area contributed by atoms with Gasteiger partial charge >= 0.3 is 0 Å². The molecule has 0 amide bonds. The van der Waals surface area contributed by atoms with Crippen molar-refractivity contribution in [2.45, 2.75) is 45.3 Å². The number of hydrogen-bond donors (Lipinski definition) is 0. The Morgan fingerprint density at radius 1 is 1.58 bits per heavy atom. The third kappa shape index (κ3) is 2.46. The monoisotopic (exact) mass is 171 g/mol. The maximum Gasteiger partial charge on any atom is 0.0702 e. The van der Waals surface area contributed by atoms with Crippen LogP contribution in [0.1, 0.15) is 33.1 Å². The summed E-state index contributed by atoms with van der Waals surface area (Å²) in [5.74, 6) is 0. The molecule has 1 rings (SSSR count). The minimum absolute atomic E-state index is 0.414. The number of ether oxygens (including phenoxy) is 1. The molecule has 0 aliphatic carbocycles. The van der Waals surface area contributed by atoms with Gasteiger partial charge in [-0.3, -0.25) is 0 Å². The van der Waals surface area contributed by atoms with Gasteiger partial charge in [0.05, 0.1) is 6.10 Å². The molecule has 1 aliphatic heterocycles. The molecule has 1 heterocycles. The lowest BCUT2D eigenvalue weighted by atomic mass is 10.1. The van der Waals surface area contributed by atoms with Crippen LogP contribution in [0, 0.1) is 0 Å². The predicted molar refractivity (Wildman–Crippen MR) is 51.4 cm³/mol. The summed E-state index contributed by atoms with van der Waals surface area (Å²) in [6.07, 6.45) is 4.18. The fraction of sp³-hybridized carbons (Fsp3) is 1.00. The Morgan fingerprint density at radius 2 is 2.33 bits per heavy atom. The third-order valence-electron chi connectivity index (χ3n) is 2.70. The van der Waals surface area contributed by atoms with E-state index >= 15 is 0 Å². The van der Waals surface area contributed by atoms with E-state index in [9.17, 15) is 0 Å². The molecule has 12 heavy (non-hydrogen) atoms. The molecule has 1 aliphatic rings. The molecule has 0 saturated carbocycles. The molecule has 0 N–H and O–H groups in total. The van der Waals surface area contributed by atoms with E-state index in [0.717, 1.165) is 13.0 Å². The maximum atomic E-state index is 5.70. The smallest absolute Gasteiger partial charge is 0.0702 e. The Labute approximate surface area is 75.9 Å². The second-order valence-electron chi connectivity index (χ2n) is 3.77. The van der Waals surface area contributed by atoms with Crippen molar-refractivity contribution in [2.75, 3.05) is 20.2 Å². The fourth-order valence-corrected chi connectivity index (χ4v) is 1.94. The van der Waals surface area contributed by atoms with Gasteiger partial charge in [-0.1, -0.05) is 6.92 Å². The molecule has 72 valence electrons. The summed E-state index contributed by atoms with van der Waals surface area (Å²) < 4.78 is 5.70. The first-order valence-corrected chi connectivity index (χ1v) is 5.07. The SMILES string of the molecule is CCCO[C@@H](C)[C@@H]1CCCN1C. The van der Waals surface area contributed by atoms with Crippen molar-refractivity contribution in [3.8, 4) is 0 Å². The van der Waals surface area contributed by atoms with Crippen molar-refractivity contribution < 1.29 is 4.74 Å². The van der Waals surface area contributed by atoms with Crippen LogP contribution in [0.5, 0.6) is 0 Å². The molecule has 1 saturated heterocycles. The first kappa shape index (κ1) is 10.0. The Kier molecular flexibility index (Phi) is 4.02. The highest BCUT2D eigenvalue weighted by Crippen LogP contribution is 2.19. The van der Waals surface area contributed by atoms with Crippen LogP contribution in [-0.2, 0) is 4.74 Å². The summed E-state index contributed by atoms with van der Waals surface area (Å²) >= 11 is 0. The predicted octanol–water partition coefficient (Wildman–Crippen LogP) is 1.90. The van der Waals surface area contributed by atoms with Crippen LogP contribution in [0.3, 0.4) is 0 Å². The van der Waals surface area contributed by atoms with Crippen molar-refractivity contribution in [2.24, 2.45) is 0 Å². The van der Waals surface area contributed by atoms with Crippen LogP contribution in [0.4, 0.5) is 0 Å². The summed E-state index contributed by atoms with van der Waals surface area (Å²) in [6, 6.07) is 0.663. The van der Waals surface area contributed by atoms with E-state index in [1.165, 1.54) is 19.4 Å². The van der Waals surface area contributed by atoms with Crippen molar-refractivity contribution in [1.82, 2.24) is 4.90 Å². The minimum atomic E-state index is 0.414. The zero-order chi connectivity index (χ0) is 8.97. The van der Waals surface area contributed by atoms with Crippen molar-refractivity contribution in [3.05, 3.63) is 0 Å². The lowest BCUT2D eigenvalue weighted by Crippen LogP contribution is -2.36. The second kappa shape index (κ2) is 4.83. The largest absolute Gasteiger partial charge is 0.377 e. The van der Waals surface area contributed by atoms with E-state index in [2.05, 4.69) is 25.8 Å².